The molecule has 0 aliphatic carbocycles. The van der Waals surface area contributed by atoms with Gasteiger partial charge >= 0.3 is 0 Å². The van der Waals surface area contributed by atoms with Crippen molar-refractivity contribution >= 4 is 0 Å². The van der Waals surface area contributed by atoms with Crippen LogP contribution in [0.25, 0.3) is 0 Å². The highest BCUT2D eigenvalue weighted by Gasteiger charge is 2.11. The van der Waals surface area contributed by atoms with Crippen molar-refractivity contribution in [3.63, 3.8) is 0 Å². The summed E-state index contributed by atoms with van der Waals surface area (Å²) in [5.74, 6) is 0. The molecule has 0 amide bonds. The second-order valence-corrected chi connectivity index (χ2v) is 2.20. The Morgan fingerprint density at radius 2 is 2.30 bits per heavy atom. The van der Waals surface area contributed by atoms with Gasteiger partial charge in [0.05, 0.1) is 12.4 Å². The van der Waals surface area contributed by atoms with Crippen LogP contribution in [-0.4, -0.2) is 17.3 Å². The summed E-state index contributed by atoms with van der Waals surface area (Å²) in [7, 11) is 0. The first-order valence-electron chi connectivity index (χ1n) is 3.49. The molecule has 10 heavy (non-hydrogen) atoms. The normalized spacial score (nSPS) is 15.9. The van der Waals surface area contributed by atoms with Crippen LogP contribution in [-0.2, 0) is 4.74 Å². The van der Waals surface area contributed by atoms with Gasteiger partial charge in [0, 0.05) is 0 Å². The molecule has 1 N–H and O–H groups in total. The Balaban J connectivity index is 3.47. The number of aliphatic hydroxyl groups is 1. The van der Waals surface area contributed by atoms with Crippen LogP contribution >= 0.6 is 0 Å². The molecular weight excluding hydrogens is 128 g/mol. The highest BCUT2D eigenvalue weighted by molar-refractivity contribution is 4.72. The molecule has 0 aromatic heterocycles. The van der Waals surface area contributed by atoms with Gasteiger partial charge in [0.1, 0.15) is 6.10 Å². The van der Waals surface area contributed by atoms with E-state index in [0.29, 0.717) is 0 Å². The molecule has 2 unspecified atom stereocenters. The first-order chi connectivity index (χ1) is 4.72. The van der Waals surface area contributed by atoms with Crippen LogP contribution in [0.2, 0.25) is 0 Å². The second kappa shape index (κ2) is 5.30. The lowest BCUT2D eigenvalue weighted by Gasteiger charge is -2.16. The Morgan fingerprint density at radius 1 is 1.70 bits per heavy atom. The van der Waals surface area contributed by atoms with E-state index >= 15 is 0 Å². The summed E-state index contributed by atoms with van der Waals surface area (Å²) in [6.07, 6.45) is 2.12. The topological polar surface area (TPSA) is 29.5 Å². The quantitative estimate of drug-likeness (QED) is 0.591. The van der Waals surface area contributed by atoms with Gasteiger partial charge in [0.15, 0.2) is 0 Å². The smallest absolute Gasteiger partial charge is 0.124 e. The van der Waals surface area contributed by atoms with Crippen molar-refractivity contribution in [2.24, 2.45) is 0 Å². The van der Waals surface area contributed by atoms with Crippen molar-refractivity contribution in [2.75, 3.05) is 0 Å². The lowest BCUT2D eigenvalue weighted by atomic mass is 10.1. The minimum Gasteiger partial charge on any atom is -0.496 e. The molecular formula is C8H15O2. The lowest BCUT2D eigenvalue weighted by molar-refractivity contribution is 0.0309. The molecule has 0 aliphatic heterocycles. The van der Waals surface area contributed by atoms with E-state index in [0.717, 1.165) is 12.8 Å². The minimum atomic E-state index is -0.469. The van der Waals surface area contributed by atoms with Gasteiger partial charge < -0.3 is 9.84 Å². The highest BCUT2D eigenvalue weighted by atomic mass is 16.5. The summed E-state index contributed by atoms with van der Waals surface area (Å²) < 4.78 is 4.86. The zero-order valence-electron chi connectivity index (χ0n) is 6.42. The third-order valence-corrected chi connectivity index (χ3v) is 1.28. The molecule has 2 nitrogen and oxygen atoms in total. The van der Waals surface area contributed by atoms with Crippen LogP contribution in [0, 0.1) is 6.92 Å². The number of ether oxygens (including phenoxy) is 1. The molecule has 0 saturated carbocycles. The van der Waals surface area contributed by atoms with E-state index in [1.165, 1.54) is 6.26 Å². The summed E-state index contributed by atoms with van der Waals surface area (Å²) in [5, 5.41) is 9.21. The first kappa shape index (κ1) is 9.50. The molecule has 0 aromatic rings. The Hall–Kier alpha value is -0.500. The SMILES string of the molecule is [CH2]C(OC=C)C(O)CCC. The monoisotopic (exact) mass is 143 g/mol. The Labute approximate surface area is 62.5 Å². The first-order valence-corrected chi connectivity index (χ1v) is 3.49. The van der Waals surface area contributed by atoms with E-state index in [4.69, 9.17) is 4.74 Å². The Kier molecular flexibility index (Phi) is 5.03. The molecule has 2 atom stereocenters. The van der Waals surface area contributed by atoms with Crippen molar-refractivity contribution in [1.29, 1.82) is 0 Å². The van der Waals surface area contributed by atoms with Crippen LogP contribution in [0.5, 0.6) is 0 Å². The fraction of sp³-hybridized carbons (Fsp3) is 0.625. The zero-order chi connectivity index (χ0) is 7.98. The maximum atomic E-state index is 9.21. The lowest BCUT2D eigenvalue weighted by Crippen LogP contribution is -2.24. The van der Waals surface area contributed by atoms with Crippen LogP contribution < -0.4 is 0 Å². The van der Waals surface area contributed by atoms with Crippen LogP contribution in [0.3, 0.4) is 0 Å². The third kappa shape index (κ3) is 3.51. The Morgan fingerprint density at radius 3 is 2.70 bits per heavy atom. The third-order valence-electron chi connectivity index (χ3n) is 1.28. The molecule has 0 bridgehead atoms. The van der Waals surface area contributed by atoms with Gasteiger partial charge in [-0.05, 0) is 13.3 Å². The van der Waals surface area contributed by atoms with Crippen molar-refractivity contribution < 1.29 is 9.84 Å². The van der Waals surface area contributed by atoms with E-state index < -0.39 is 6.10 Å². The molecule has 2 heteroatoms. The largest absolute Gasteiger partial charge is 0.496 e. The molecule has 1 radical (unpaired) electrons. The molecule has 0 fully saturated rings. The molecule has 0 aliphatic rings. The standard InChI is InChI=1S/C8H15O2/c1-4-6-8(9)7(3)10-5-2/h5,7-9H,2-4,6H2,1H3. The maximum Gasteiger partial charge on any atom is 0.124 e. The van der Waals surface area contributed by atoms with Gasteiger partial charge in [-0.25, -0.2) is 0 Å². The number of rotatable bonds is 5. The molecule has 0 heterocycles. The Bertz CT molecular complexity index is 91.3. The molecule has 0 saturated heterocycles. The summed E-state index contributed by atoms with van der Waals surface area (Å²) in [5.41, 5.74) is 0. The van der Waals surface area contributed by atoms with Gasteiger partial charge in [-0.3, -0.25) is 0 Å². The molecule has 0 rings (SSSR count). The fourth-order valence-corrected chi connectivity index (χ4v) is 0.696. The van der Waals surface area contributed by atoms with Crippen molar-refractivity contribution in [2.45, 2.75) is 32.0 Å². The van der Waals surface area contributed by atoms with E-state index in [9.17, 15) is 5.11 Å². The summed E-state index contributed by atoms with van der Waals surface area (Å²) in [4.78, 5) is 0. The number of hydrogen-bond donors (Lipinski definition) is 1. The van der Waals surface area contributed by atoms with E-state index in [1.54, 1.807) is 0 Å². The molecule has 59 valence electrons. The summed E-state index contributed by atoms with van der Waals surface area (Å²) >= 11 is 0. The predicted octanol–water partition coefficient (Wildman–Crippen LogP) is 1.51. The van der Waals surface area contributed by atoms with Crippen molar-refractivity contribution in [3.05, 3.63) is 19.8 Å². The average molecular weight is 143 g/mol. The number of aliphatic hydroxyl groups excluding tert-OH is 1. The zero-order valence-corrected chi connectivity index (χ0v) is 6.42. The van der Waals surface area contributed by atoms with Gasteiger partial charge in [-0.1, -0.05) is 19.9 Å². The summed E-state index contributed by atoms with van der Waals surface area (Å²) in [6.45, 7) is 8.98. The van der Waals surface area contributed by atoms with E-state index in [1.807, 2.05) is 6.92 Å². The van der Waals surface area contributed by atoms with Gasteiger partial charge in [0.2, 0.25) is 0 Å². The summed E-state index contributed by atoms with van der Waals surface area (Å²) in [6, 6.07) is 0. The average Bonchev–Trinajstić information content (AvgIpc) is 1.89. The molecule has 0 spiro atoms. The van der Waals surface area contributed by atoms with Crippen LogP contribution in [0.15, 0.2) is 12.8 Å². The van der Waals surface area contributed by atoms with Gasteiger partial charge in [-0.2, -0.15) is 0 Å². The van der Waals surface area contributed by atoms with Gasteiger partial charge in [-0.15, -0.1) is 0 Å². The van der Waals surface area contributed by atoms with Crippen molar-refractivity contribution in [3.8, 4) is 0 Å². The van der Waals surface area contributed by atoms with Crippen molar-refractivity contribution in [1.82, 2.24) is 0 Å². The van der Waals surface area contributed by atoms with E-state index in [2.05, 4.69) is 13.5 Å². The van der Waals surface area contributed by atoms with Crippen LogP contribution in [0.1, 0.15) is 19.8 Å². The van der Waals surface area contributed by atoms with E-state index in [-0.39, 0.29) is 6.10 Å². The number of hydrogen-bond acceptors (Lipinski definition) is 2. The molecule has 0 aromatic carbocycles. The highest BCUT2D eigenvalue weighted by Crippen LogP contribution is 2.04. The van der Waals surface area contributed by atoms with Crippen LogP contribution in [0.4, 0.5) is 0 Å². The predicted molar refractivity (Wildman–Crippen MR) is 41.3 cm³/mol. The fourth-order valence-electron chi connectivity index (χ4n) is 0.696. The second-order valence-electron chi connectivity index (χ2n) is 2.20. The minimum absolute atomic E-state index is 0.377. The maximum absolute atomic E-state index is 9.21. The van der Waals surface area contributed by atoms with Gasteiger partial charge in [0.25, 0.3) is 0 Å².